The van der Waals surface area contributed by atoms with Crippen LogP contribution in [0.1, 0.15) is 43.0 Å². The van der Waals surface area contributed by atoms with Crippen LogP contribution in [0.2, 0.25) is 0 Å². The molecule has 0 bridgehead atoms. The number of amides is 1. The minimum absolute atomic E-state index is 0.0533. The summed E-state index contributed by atoms with van der Waals surface area (Å²) in [6.07, 6.45) is 7.03. The first-order valence-corrected chi connectivity index (χ1v) is 10.7. The summed E-state index contributed by atoms with van der Waals surface area (Å²) in [7, 11) is 0. The van der Waals surface area contributed by atoms with Crippen molar-refractivity contribution in [3.63, 3.8) is 0 Å². The molecular weight excluding hydrogens is 364 g/mol. The van der Waals surface area contributed by atoms with Crippen LogP contribution in [-0.2, 0) is 0 Å². The van der Waals surface area contributed by atoms with Gasteiger partial charge in [0.05, 0.1) is 12.2 Å². The van der Waals surface area contributed by atoms with Gasteiger partial charge in [0.25, 0.3) is 5.91 Å². The van der Waals surface area contributed by atoms with E-state index >= 15 is 0 Å². The number of benzene rings is 1. The fraction of sp³-hybridized carbons (Fsp3) is 0.478. The first-order chi connectivity index (χ1) is 14.2. The largest absolute Gasteiger partial charge is 0.494 e. The summed E-state index contributed by atoms with van der Waals surface area (Å²) in [6, 6.07) is 12.1. The quantitative estimate of drug-likeness (QED) is 0.805. The molecule has 2 aromatic rings. The molecule has 2 aliphatic rings. The molecule has 1 aromatic heterocycles. The highest BCUT2D eigenvalue weighted by Gasteiger charge is 2.29. The molecule has 1 saturated carbocycles. The van der Waals surface area contributed by atoms with E-state index in [2.05, 4.69) is 15.2 Å². The fourth-order valence-corrected chi connectivity index (χ4v) is 4.35. The van der Waals surface area contributed by atoms with Crippen molar-refractivity contribution in [2.24, 2.45) is 0 Å². The monoisotopic (exact) mass is 394 g/mol. The Balaban J connectivity index is 1.41. The van der Waals surface area contributed by atoms with Gasteiger partial charge in [-0.25, -0.2) is 4.98 Å². The van der Waals surface area contributed by atoms with Gasteiger partial charge in [-0.05, 0) is 56.2 Å². The summed E-state index contributed by atoms with van der Waals surface area (Å²) in [4.78, 5) is 22.1. The van der Waals surface area contributed by atoms with Crippen molar-refractivity contribution < 1.29 is 9.53 Å². The number of carbonyl (C=O) groups is 1. The van der Waals surface area contributed by atoms with Crippen LogP contribution in [0.25, 0.3) is 0 Å². The van der Waals surface area contributed by atoms with Gasteiger partial charge in [0.2, 0.25) is 0 Å². The molecule has 1 aromatic carbocycles. The highest BCUT2D eigenvalue weighted by Crippen LogP contribution is 2.26. The predicted octanol–water partition coefficient (Wildman–Crippen LogP) is 3.92. The first kappa shape index (κ1) is 19.7. The Labute approximate surface area is 172 Å². The van der Waals surface area contributed by atoms with Crippen LogP contribution in [0.15, 0.2) is 42.6 Å². The van der Waals surface area contributed by atoms with E-state index in [1.165, 1.54) is 25.7 Å². The second kappa shape index (κ2) is 9.27. The maximum Gasteiger partial charge on any atom is 0.257 e. The Hall–Kier alpha value is -2.60. The van der Waals surface area contributed by atoms with Crippen molar-refractivity contribution in [1.29, 1.82) is 0 Å². The van der Waals surface area contributed by atoms with Gasteiger partial charge in [0, 0.05) is 44.1 Å². The summed E-state index contributed by atoms with van der Waals surface area (Å²) < 4.78 is 5.49. The lowest BCUT2D eigenvalue weighted by atomic mass is 10.1. The molecule has 6 heteroatoms. The first-order valence-electron chi connectivity index (χ1n) is 10.7. The van der Waals surface area contributed by atoms with E-state index in [-0.39, 0.29) is 5.91 Å². The molecule has 0 unspecified atom stereocenters. The molecule has 29 heavy (non-hydrogen) atoms. The van der Waals surface area contributed by atoms with Gasteiger partial charge in [-0.15, -0.1) is 0 Å². The molecule has 1 amide bonds. The van der Waals surface area contributed by atoms with E-state index in [0.29, 0.717) is 18.0 Å². The fourth-order valence-electron chi connectivity index (χ4n) is 4.35. The molecule has 2 heterocycles. The number of nitrogens with one attached hydrogen (secondary N) is 1. The van der Waals surface area contributed by atoms with E-state index < -0.39 is 0 Å². The molecule has 2 fully saturated rings. The van der Waals surface area contributed by atoms with Crippen molar-refractivity contribution in [2.45, 2.75) is 38.6 Å². The van der Waals surface area contributed by atoms with Crippen molar-refractivity contribution in [2.75, 3.05) is 38.1 Å². The highest BCUT2D eigenvalue weighted by molar-refractivity contribution is 5.99. The van der Waals surface area contributed by atoms with Gasteiger partial charge >= 0.3 is 0 Å². The number of hydrogen-bond donors (Lipinski definition) is 1. The average Bonchev–Trinajstić information content (AvgIpc) is 3.30. The molecule has 1 saturated heterocycles. The zero-order chi connectivity index (χ0) is 20.1. The predicted molar refractivity (Wildman–Crippen MR) is 115 cm³/mol. The maximum atomic E-state index is 13.2. The summed E-state index contributed by atoms with van der Waals surface area (Å²) in [5.74, 6) is 1.48. The van der Waals surface area contributed by atoms with Gasteiger partial charge in [-0.3, -0.25) is 9.69 Å². The molecule has 1 aliphatic heterocycles. The molecule has 0 spiro atoms. The lowest BCUT2D eigenvalue weighted by Gasteiger charge is -2.38. The number of pyridine rings is 1. The lowest BCUT2D eigenvalue weighted by molar-refractivity contribution is 0.0574. The van der Waals surface area contributed by atoms with E-state index in [1.54, 1.807) is 6.20 Å². The highest BCUT2D eigenvalue weighted by atomic mass is 16.5. The van der Waals surface area contributed by atoms with Gasteiger partial charge < -0.3 is 15.0 Å². The van der Waals surface area contributed by atoms with Crippen molar-refractivity contribution >= 4 is 17.4 Å². The van der Waals surface area contributed by atoms with Crippen LogP contribution in [0.5, 0.6) is 5.75 Å². The van der Waals surface area contributed by atoms with Crippen molar-refractivity contribution in [3.8, 4) is 5.75 Å². The normalized spacial score (nSPS) is 18.0. The van der Waals surface area contributed by atoms with Gasteiger partial charge in [0.1, 0.15) is 11.6 Å². The van der Waals surface area contributed by atoms with Crippen LogP contribution in [0.3, 0.4) is 0 Å². The minimum Gasteiger partial charge on any atom is -0.494 e. The second-order valence-electron chi connectivity index (χ2n) is 7.75. The summed E-state index contributed by atoms with van der Waals surface area (Å²) in [5.41, 5.74) is 1.50. The summed E-state index contributed by atoms with van der Waals surface area (Å²) >= 11 is 0. The van der Waals surface area contributed by atoms with E-state index in [1.807, 2.05) is 48.2 Å². The summed E-state index contributed by atoms with van der Waals surface area (Å²) in [5, 5.41) is 3.29. The van der Waals surface area contributed by atoms with E-state index in [4.69, 9.17) is 4.74 Å². The average molecular weight is 395 g/mol. The van der Waals surface area contributed by atoms with Gasteiger partial charge in [-0.2, -0.15) is 0 Å². The number of aromatic nitrogens is 1. The van der Waals surface area contributed by atoms with Gasteiger partial charge in [0.15, 0.2) is 0 Å². The minimum atomic E-state index is 0.0533. The Morgan fingerprint density at radius 2 is 1.83 bits per heavy atom. The molecule has 0 radical (unpaired) electrons. The van der Waals surface area contributed by atoms with Crippen LogP contribution in [0, 0.1) is 0 Å². The van der Waals surface area contributed by atoms with Crippen LogP contribution in [-0.4, -0.2) is 59.5 Å². The number of carbonyl (C=O) groups excluding carboxylic acids is 1. The number of piperazine rings is 1. The van der Waals surface area contributed by atoms with Crippen LogP contribution in [0.4, 0.5) is 11.5 Å². The third-order valence-electron chi connectivity index (χ3n) is 5.91. The van der Waals surface area contributed by atoms with E-state index in [9.17, 15) is 4.79 Å². The molecule has 0 atom stereocenters. The van der Waals surface area contributed by atoms with Crippen LogP contribution >= 0.6 is 0 Å². The Morgan fingerprint density at radius 3 is 2.52 bits per heavy atom. The van der Waals surface area contributed by atoms with Crippen molar-refractivity contribution in [1.82, 2.24) is 14.8 Å². The number of hydrogen-bond acceptors (Lipinski definition) is 5. The molecule has 6 nitrogen and oxygen atoms in total. The molecule has 4 rings (SSSR count). The third-order valence-corrected chi connectivity index (χ3v) is 5.91. The smallest absolute Gasteiger partial charge is 0.257 e. The SMILES string of the molecule is CCOc1ccc(Nc2ncccc2C(=O)N2CCN(C3CCCC3)CC2)cc1. The number of anilines is 2. The topological polar surface area (TPSA) is 57.7 Å². The standard InChI is InChI=1S/C23H30N4O2/c1-2-29-20-11-9-18(10-12-20)25-22-21(8-5-13-24-22)23(28)27-16-14-26(15-17-27)19-6-3-4-7-19/h5,8-13,19H,2-4,6-7,14-17H2,1H3,(H,24,25). The zero-order valence-electron chi connectivity index (χ0n) is 17.1. The maximum absolute atomic E-state index is 13.2. The molecule has 154 valence electrons. The lowest BCUT2D eigenvalue weighted by Crippen LogP contribution is -2.51. The van der Waals surface area contributed by atoms with E-state index in [0.717, 1.165) is 43.7 Å². The van der Waals surface area contributed by atoms with Crippen molar-refractivity contribution in [3.05, 3.63) is 48.2 Å². The number of ether oxygens (including phenoxy) is 1. The number of rotatable bonds is 6. The third kappa shape index (κ3) is 4.70. The molecule has 1 aliphatic carbocycles. The Morgan fingerprint density at radius 1 is 1.10 bits per heavy atom. The summed E-state index contributed by atoms with van der Waals surface area (Å²) in [6.45, 7) is 6.11. The Bertz CT molecular complexity index is 810. The molecule has 1 N–H and O–H groups in total. The number of nitrogens with zero attached hydrogens (tertiary/aromatic N) is 3. The Kier molecular flexibility index (Phi) is 6.30. The zero-order valence-corrected chi connectivity index (χ0v) is 17.1. The second-order valence-corrected chi connectivity index (χ2v) is 7.75. The van der Waals surface area contributed by atoms with Crippen LogP contribution < -0.4 is 10.1 Å². The van der Waals surface area contributed by atoms with Gasteiger partial charge in [-0.1, -0.05) is 12.8 Å². The molecular formula is C23H30N4O2.